The van der Waals surface area contributed by atoms with Crippen molar-refractivity contribution in [1.82, 2.24) is 0 Å². The second kappa shape index (κ2) is 4.22. The highest BCUT2D eigenvalue weighted by Gasteiger charge is 2.08. The molecule has 70 valence electrons. The molecule has 5 nitrogen and oxygen atoms in total. The quantitative estimate of drug-likeness (QED) is 0.618. The maximum absolute atomic E-state index is 10.5. The zero-order valence-corrected chi connectivity index (χ0v) is 7.41. The molecule has 0 aromatic heterocycles. The van der Waals surface area contributed by atoms with Crippen LogP contribution in [0.1, 0.15) is 6.42 Å². The van der Waals surface area contributed by atoms with Gasteiger partial charge >= 0.3 is 5.97 Å². The third kappa shape index (κ3) is 5.87. The topological polar surface area (TPSA) is 97.5 Å². The summed E-state index contributed by atoms with van der Waals surface area (Å²) < 4.78 is 21.0. The highest BCUT2D eigenvalue weighted by molar-refractivity contribution is 7.93. The number of aliphatic carboxylic acids is 1. The lowest BCUT2D eigenvalue weighted by Crippen LogP contribution is -2.29. The van der Waals surface area contributed by atoms with E-state index in [4.69, 9.17) is 10.8 Å². The Bertz CT molecular complexity index is 280. The fourth-order valence-corrected chi connectivity index (χ4v) is 0.938. The van der Waals surface area contributed by atoms with Gasteiger partial charge in [-0.2, -0.15) is 0 Å². The Hall–Kier alpha value is -0.880. The average Bonchev–Trinajstić information content (AvgIpc) is 1.84. The molecule has 0 aliphatic heterocycles. The summed E-state index contributed by atoms with van der Waals surface area (Å²) in [5.41, 5.74) is 5.10. The minimum absolute atomic E-state index is 0.0163. The molecule has 0 saturated carbocycles. The van der Waals surface area contributed by atoms with Gasteiger partial charge in [0.15, 0.2) is 9.84 Å². The van der Waals surface area contributed by atoms with Crippen LogP contribution >= 0.6 is 0 Å². The van der Waals surface area contributed by atoms with Gasteiger partial charge in [-0.15, -0.1) is 0 Å². The number of carbonyl (C=O) groups is 1. The number of hydrogen-bond acceptors (Lipinski definition) is 4. The zero-order valence-electron chi connectivity index (χ0n) is 6.60. The first-order valence-electron chi connectivity index (χ1n) is 3.18. The number of rotatable bonds is 4. The molecule has 0 rings (SSSR count). The molecule has 1 atom stereocenters. The van der Waals surface area contributed by atoms with Crippen LogP contribution in [0.25, 0.3) is 0 Å². The molecule has 0 amide bonds. The Kier molecular flexibility index (Phi) is 3.91. The van der Waals surface area contributed by atoms with E-state index in [1.807, 2.05) is 0 Å². The molecule has 0 aromatic carbocycles. The monoisotopic (exact) mass is 193 g/mol. The summed E-state index contributed by atoms with van der Waals surface area (Å²) >= 11 is 0. The average molecular weight is 193 g/mol. The van der Waals surface area contributed by atoms with Gasteiger partial charge in [0.05, 0.1) is 0 Å². The second-order valence-corrected chi connectivity index (χ2v) is 4.31. The Morgan fingerprint density at radius 3 is 2.50 bits per heavy atom. The van der Waals surface area contributed by atoms with Crippen LogP contribution in [0.2, 0.25) is 0 Å². The molecule has 3 N–H and O–H groups in total. The van der Waals surface area contributed by atoms with Gasteiger partial charge in [-0.1, -0.05) is 6.08 Å². The van der Waals surface area contributed by atoms with E-state index in [0.29, 0.717) is 0 Å². The van der Waals surface area contributed by atoms with Crippen molar-refractivity contribution in [2.75, 3.05) is 6.26 Å². The van der Waals surface area contributed by atoms with Crippen molar-refractivity contribution < 1.29 is 18.3 Å². The predicted molar refractivity (Wildman–Crippen MR) is 44.2 cm³/mol. The van der Waals surface area contributed by atoms with Crippen LogP contribution in [0.15, 0.2) is 11.5 Å². The SMILES string of the molecule is CS(=O)(=O)C=CC[C@H](N)C(=O)O. The number of carboxylic acids is 1. The van der Waals surface area contributed by atoms with Crippen LogP contribution < -0.4 is 5.73 Å². The number of sulfone groups is 1. The molecule has 6 heteroatoms. The van der Waals surface area contributed by atoms with Crippen molar-refractivity contribution in [2.24, 2.45) is 5.73 Å². The Morgan fingerprint density at radius 2 is 2.17 bits per heavy atom. The van der Waals surface area contributed by atoms with Crippen molar-refractivity contribution >= 4 is 15.8 Å². The maximum Gasteiger partial charge on any atom is 0.320 e. The molecule has 0 radical (unpaired) electrons. The third-order valence-electron chi connectivity index (χ3n) is 1.05. The van der Waals surface area contributed by atoms with E-state index in [1.165, 1.54) is 6.08 Å². The van der Waals surface area contributed by atoms with Crippen molar-refractivity contribution in [3.05, 3.63) is 11.5 Å². The zero-order chi connectivity index (χ0) is 9.78. The normalized spacial score (nSPS) is 14.8. The molecule has 0 spiro atoms. The Balaban J connectivity index is 4.00. The number of hydrogen-bond donors (Lipinski definition) is 2. The first kappa shape index (κ1) is 11.1. The molecular weight excluding hydrogens is 182 g/mol. The summed E-state index contributed by atoms with van der Waals surface area (Å²) in [4.78, 5) is 10.1. The molecule has 0 fully saturated rings. The molecule has 0 aromatic rings. The van der Waals surface area contributed by atoms with E-state index < -0.39 is 21.8 Å². The van der Waals surface area contributed by atoms with Crippen LogP contribution in [0.5, 0.6) is 0 Å². The highest BCUT2D eigenvalue weighted by Crippen LogP contribution is 1.93. The predicted octanol–water partition coefficient (Wildman–Crippen LogP) is -0.653. The number of carboxylic acid groups (broad SMARTS) is 1. The molecule has 0 aliphatic carbocycles. The number of nitrogens with two attached hydrogens (primary N) is 1. The highest BCUT2D eigenvalue weighted by atomic mass is 32.2. The molecule has 0 bridgehead atoms. The molecule has 0 unspecified atom stereocenters. The summed E-state index contributed by atoms with van der Waals surface area (Å²) in [5, 5.41) is 9.24. The molecular formula is C6H11NO4S. The van der Waals surface area contributed by atoms with Gasteiger partial charge in [0.2, 0.25) is 0 Å². The van der Waals surface area contributed by atoms with Gasteiger partial charge < -0.3 is 10.8 Å². The van der Waals surface area contributed by atoms with Crippen LogP contribution in [0.3, 0.4) is 0 Å². The molecule has 0 saturated heterocycles. The van der Waals surface area contributed by atoms with Gasteiger partial charge in [-0.05, 0) is 6.42 Å². The van der Waals surface area contributed by atoms with E-state index in [1.54, 1.807) is 0 Å². The van der Waals surface area contributed by atoms with E-state index in [0.717, 1.165) is 11.7 Å². The van der Waals surface area contributed by atoms with E-state index in [-0.39, 0.29) is 6.42 Å². The van der Waals surface area contributed by atoms with Crippen LogP contribution in [0.4, 0.5) is 0 Å². The summed E-state index contributed by atoms with van der Waals surface area (Å²) in [6, 6.07) is -1.04. The lowest BCUT2D eigenvalue weighted by molar-refractivity contribution is -0.138. The third-order valence-corrected chi connectivity index (χ3v) is 1.74. The summed E-state index contributed by atoms with van der Waals surface area (Å²) in [5.74, 6) is -1.15. The van der Waals surface area contributed by atoms with E-state index in [2.05, 4.69) is 0 Å². The first-order chi connectivity index (χ1) is 5.33. The lowest BCUT2D eigenvalue weighted by atomic mass is 10.2. The van der Waals surface area contributed by atoms with Gasteiger partial charge in [-0.3, -0.25) is 4.79 Å². The minimum Gasteiger partial charge on any atom is -0.480 e. The fourth-order valence-electron chi connectivity index (χ4n) is 0.478. The Morgan fingerprint density at radius 1 is 1.67 bits per heavy atom. The fraction of sp³-hybridized carbons (Fsp3) is 0.500. The van der Waals surface area contributed by atoms with Gasteiger partial charge in [-0.25, -0.2) is 8.42 Å². The largest absolute Gasteiger partial charge is 0.480 e. The minimum atomic E-state index is -3.17. The van der Waals surface area contributed by atoms with Crippen LogP contribution in [0, 0.1) is 0 Å². The van der Waals surface area contributed by atoms with E-state index >= 15 is 0 Å². The van der Waals surface area contributed by atoms with Crippen LogP contribution in [-0.2, 0) is 14.6 Å². The van der Waals surface area contributed by atoms with Crippen molar-refractivity contribution in [2.45, 2.75) is 12.5 Å². The van der Waals surface area contributed by atoms with Crippen molar-refractivity contribution in [3.8, 4) is 0 Å². The molecule has 0 aliphatic rings. The smallest absolute Gasteiger partial charge is 0.320 e. The molecule has 12 heavy (non-hydrogen) atoms. The van der Waals surface area contributed by atoms with Gasteiger partial charge in [0.25, 0.3) is 0 Å². The molecule has 0 heterocycles. The summed E-state index contributed by atoms with van der Waals surface area (Å²) in [6.45, 7) is 0. The van der Waals surface area contributed by atoms with Gasteiger partial charge in [0.1, 0.15) is 6.04 Å². The van der Waals surface area contributed by atoms with Gasteiger partial charge in [0, 0.05) is 11.7 Å². The Labute approximate surface area is 70.8 Å². The summed E-state index contributed by atoms with van der Waals surface area (Å²) in [7, 11) is -3.17. The standard InChI is InChI=1S/C6H11NO4S/c1-12(10,11)4-2-3-5(7)6(8)9/h2,4-5H,3,7H2,1H3,(H,8,9)/t5-/m0/s1. The summed E-state index contributed by atoms with van der Waals surface area (Å²) in [6.07, 6.45) is 2.27. The second-order valence-electron chi connectivity index (χ2n) is 2.38. The first-order valence-corrected chi connectivity index (χ1v) is 5.13. The van der Waals surface area contributed by atoms with Crippen LogP contribution in [-0.4, -0.2) is 31.8 Å². The van der Waals surface area contributed by atoms with E-state index in [9.17, 15) is 13.2 Å². The lowest BCUT2D eigenvalue weighted by Gasteiger charge is -1.99. The maximum atomic E-state index is 10.5. The van der Waals surface area contributed by atoms with Crippen molar-refractivity contribution in [1.29, 1.82) is 0 Å². The van der Waals surface area contributed by atoms with Crippen molar-refractivity contribution in [3.63, 3.8) is 0 Å².